The van der Waals surface area contributed by atoms with Gasteiger partial charge >= 0.3 is 0 Å². The molecule has 1 aromatic heterocycles. The van der Waals surface area contributed by atoms with Gasteiger partial charge in [0.1, 0.15) is 0 Å². The first-order valence-electron chi connectivity index (χ1n) is 4.87. The number of nitrogens with two attached hydrogens (primary N) is 1. The molecule has 0 amide bonds. The molecule has 0 saturated heterocycles. The fourth-order valence-electron chi connectivity index (χ4n) is 1.43. The zero-order chi connectivity index (χ0) is 11.3. The third kappa shape index (κ3) is 3.09. The van der Waals surface area contributed by atoms with E-state index in [0.717, 1.165) is 12.8 Å². The van der Waals surface area contributed by atoms with Crippen LogP contribution >= 0.6 is 0 Å². The second kappa shape index (κ2) is 5.15. The third-order valence-corrected chi connectivity index (χ3v) is 2.21. The standard InChI is InChI=1S/C10H14N4O/c1-7-8(5-3-2-4-6-11)9(15)14-10(12)13-7/h2-5H2,1H3,(H3,12,13,14,15). The molecule has 0 unspecified atom stereocenters. The van der Waals surface area contributed by atoms with Gasteiger partial charge in [-0.05, 0) is 26.2 Å². The molecule has 0 aliphatic rings. The summed E-state index contributed by atoms with van der Waals surface area (Å²) in [6.45, 7) is 1.77. The number of nitrogens with zero attached hydrogens (tertiary/aromatic N) is 2. The van der Waals surface area contributed by atoms with Crippen LogP contribution in [0.3, 0.4) is 0 Å². The van der Waals surface area contributed by atoms with Crippen LogP contribution in [0, 0.1) is 18.3 Å². The molecule has 15 heavy (non-hydrogen) atoms. The van der Waals surface area contributed by atoms with E-state index >= 15 is 0 Å². The topological polar surface area (TPSA) is 95.6 Å². The summed E-state index contributed by atoms with van der Waals surface area (Å²) in [6, 6.07) is 2.07. The van der Waals surface area contributed by atoms with E-state index in [1.165, 1.54) is 0 Å². The van der Waals surface area contributed by atoms with Crippen LogP contribution in [0.5, 0.6) is 0 Å². The predicted octanol–water partition coefficient (Wildman–Crippen LogP) is 0.897. The maximum atomic E-state index is 11.5. The molecular weight excluding hydrogens is 192 g/mol. The molecule has 0 saturated carbocycles. The van der Waals surface area contributed by atoms with Crippen molar-refractivity contribution < 1.29 is 0 Å². The Morgan fingerprint density at radius 2 is 2.27 bits per heavy atom. The molecule has 0 aliphatic carbocycles. The zero-order valence-corrected chi connectivity index (χ0v) is 8.71. The minimum atomic E-state index is -0.169. The van der Waals surface area contributed by atoms with Crippen LogP contribution in [0.4, 0.5) is 5.95 Å². The second-order valence-electron chi connectivity index (χ2n) is 3.38. The number of anilines is 1. The van der Waals surface area contributed by atoms with E-state index in [0.29, 0.717) is 24.1 Å². The summed E-state index contributed by atoms with van der Waals surface area (Å²) >= 11 is 0. The molecule has 1 heterocycles. The lowest BCUT2D eigenvalue weighted by Gasteiger charge is -2.03. The van der Waals surface area contributed by atoms with Gasteiger partial charge in [-0.2, -0.15) is 5.26 Å². The van der Waals surface area contributed by atoms with E-state index in [2.05, 4.69) is 16.0 Å². The quantitative estimate of drug-likeness (QED) is 0.715. The Hall–Kier alpha value is -1.83. The van der Waals surface area contributed by atoms with E-state index in [1.807, 2.05) is 0 Å². The number of H-pyrrole nitrogens is 1. The van der Waals surface area contributed by atoms with Crippen molar-refractivity contribution in [2.45, 2.75) is 32.6 Å². The molecule has 0 spiro atoms. The molecule has 80 valence electrons. The van der Waals surface area contributed by atoms with Crippen LogP contribution in [0.15, 0.2) is 4.79 Å². The van der Waals surface area contributed by atoms with Crippen LogP contribution < -0.4 is 11.3 Å². The van der Waals surface area contributed by atoms with Crippen molar-refractivity contribution >= 4 is 5.95 Å². The van der Waals surface area contributed by atoms with Crippen LogP contribution in [0.25, 0.3) is 0 Å². The van der Waals surface area contributed by atoms with Crippen molar-refractivity contribution in [3.63, 3.8) is 0 Å². The minimum Gasteiger partial charge on any atom is -0.369 e. The summed E-state index contributed by atoms with van der Waals surface area (Å²) in [6.07, 6.45) is 2.80. The molecule has 0 aromatic carbocycles. The maximum absolute atomic E-state index is 11.5. The molecule has 0 radical (unpaired) electrons. The smallest absolute Gasteiger partial charge is 0.255 e. The fourth-order valence-corrected chi connectivity index (χ4v) is 1.43. The van der Waals surface area contributed by atoms with Gasteiger partial charge in [0.2, 0.25) is 5.95 Å². The molecule has 0 bridgehead atoms. The summed E-state index contributed by atoms with van der Waals surface area (Å²) in [4.78, 5) is 17.9. The highest BCUT2D eigenvalue weighted by atomic mass is 16.1. The van der Waals surface area contributed by atoms with Gasteiger partial charge in [-0.15, -0.1) is 0 Å². The van der Waals surface area contributed by atoms with E-state index < -0.39 is 0 Å². The van der Waals surface area contributed by atoms with Crippen molar-refractivity contribution in [3.05, 3.63) is 21.6 Å². The number of nitriles is 1. The van der Waals surface area contributed by atoms with Gasteiger partial charge < -0.3 is 5.73 Å². The monoisotopic (exact) mass is 206 g/mol. The Kier molecular flexibility index (Phi) is 3.86. The molecule has 1 aromatic rings. The average molecular weight is 206 g/mol. The van der Waals surface area contributed by atoms with Crippen molar-refractivity contribution in [2.24, 2.45) is 0 Å². The lowest BCUT2D eigenvalue weighted by Crippen LogP contribution is -2.18. The highest BCUT2D eigenvalue weighted by molar-refractivity contribution is 5.24. The van der Waals surface area contributed by atoms with Gasteiger partial charge in [0.15, 0.2) is 0 Å². The van der Waals surface area contributed by atoms with Crippen molar-refractivity contribution in [2.75, 3.05) is 5.73 Å². The number of rotatable bonds is 4. The molecule has 0 aliphatic heterocycles. The average Bonchev–Trinajstić information content (AvgIpc) is 2.15. The number of aryl methyl sites for hydroxylation is 1. The fraction of sp³-hybridized carbons (Fsp3) is 0.500. The summed E-state index contributed by atoms with van der Waals surface area (Å²) < 4.78 is 0. The van der Waals surface area contributed by atoms with E-state index in [9.17, 15) is 4.79 Å². The van der Waals surface area contributed by atoms with Crippen LogP contribution in [-0.2, 0) is 6.42 Å². The van der Waals surface area contributed by atoms with Crippen molar-refractivity contribution in [1.29, 1.82) is 5.26 Å². The molecule has 5 nitrogen and oxygen atoms in total. The first kappa shape index (κ1) is 11.2. The maximum Gasteiger partial charge on any atom is 0.255 e. The van der Waals surface area contributed by atoms with Crippen LogP contribution in [0.1, 0.15) is 30.5 Å². The van der Waals surface area contributed by atoms with E-state index in [4.69, 9.17) is 11.0 Å². The number of hydrogen-bond acceptors (Lipinski definition) is 4. The van der Waals surface area contributed by atoms with Gasteiger partial charge in [-0.3, -0.25) is 9.78 Å². The number of aromatic nitrogens is 2. The molecule has 0 atom stereocenters. The zero-order valence-electron chi connectivity index (χ0n) is 8.71. The predicted molar refractivity (Wildman–Crippen MR) is 57.2 cm³/mol. The van der Waals surface area contributed by atoms with Crippen LogP contribution in [0.2, 0.25) is 0 Å². The lowest BCUT2D eigenvalue weighted by molar-refractivity contribution is 0.739. The lowest BCUT2D eigenvalue weighted by atomic mass is 10.1. The Morgan fingerprint density at radius 1 is 1.53 bits per heavy atom. The van der Waals surface area contributed by atoms with E-state index in [-0.39, 0.29) is 11.5 Å². The number of nitrogen functional groups attached to an aromatic ring is 1. The van der Waals surface area contributed by atoms with Crippen molar-refractivity contribution in [3.8, 4) is 6.07 Å². The van der Waals surface area contributed by atoms with Gasteiger partial charge in [-0.25, -0.2) is 4.98 Å². The molecule has 0 fully saturated rings. The first-order valence-corrected chi connectivity index (χ1v) is 4.87. The van der Waals surface area contributed by atoms with Crippen molar-refractivity contribution in [1.82, 2.24) is 9.97 Å². The largest absolute Gasteiger partial charge is 0.369 e. The normalized spacial score (nSPS) is 9.87. The Morgan fingerprint density at radius 3 is 2.87 bits per heavy atom. The van der Waals surface area contributed by atoms with E-state index in [1.54, 1.807) is 6.92 Å². The van der Waals surface area contributed by atoms with Gasteiger partial charge in [0.25, 0.3) is 5.56 Å². The summed E-state index contributed by atoms with van der Waals surface area (Å²) in [5, 5.41) is 8.36. The second-order valence-corrected chi connectivity index (χ2v) is 3.38. The Bertz CT molecular complexity index is 430. The minimum absolute atomic E-state index is 0.151. The Labute approximate surface area is 88.0 Å². The first-order chi connectivity index (χ1) is 7.15. The van der Waals surface area contributed by atoms with Crippen LogP contribution in [-0.4, -0.2) is 9.97 Å². The van der Waals surface area contributed by atoms with Gasteiger partial charge in [0.05, 0.1) is 6.07 Å². The molecular formula is C10H14N4O. The number of nitrogens with one attached hydrogen (secondary N) is 1. The number of unbranched alkanes of at least 4 members (excludes halogenated alkanes) is 2. The molecule has 1 rings (SSSR count). The highest BCUT2D eigenvalue weighted by Crippen LogP contribution is 2.06. The number of hydrogen-bond donors (Lipinski definition) is 2. The third-order valence-electron chi connectivity index (χ3n) is 2.21. The summed E-state index contributed by atoms with van der Waals surface area (Å²) in [5.74, 6) is 0.151. The van der Waals surface area contributed by atoms with Gasteiger partial charge in [-0.1, -0.05) is 0 Å². The highest BCUT2D eigenvalue weighted by Gasteiger charge is 2.05. The molecule has 3 N–H and O–H groups in total. The van der Waals surface area contributed by atoms with Gasteiger partial charge in [0, 0.05) is 17.7 Å². The Balaban J connectivity index is 2.70. The summed E-state index contributed by atoms with van der Waals surface area (Å²) in [7, 11) is 0. The molecule has 5 heteroatoms. The SMILES string of the molecule is Cc1nc(N)[nH]c(=O)c1CCCCC#N. The number of aromatic amines is 1. The summed E-state index contributed by atoms with van der Waals surface area (Å²) in [5.41, 5.74) is 6.57.